The first kappa shape index (κ1) is 14.5. The van der Waals surface area contributed by atoms with Crippen molar-refractivity contribution in [3.8, 4) is 0 Å². The lowest BCUT2D eigenvalue weighted by molar-refractivity contribution is 0.0752. The van der Waals surface area contributed by atoms with Crippen LogP contribution >= 0.6 is 0 Å². The Balaban J connectivity index is 2.08. The number of carbonyl (C=O) groups is 1. The lowest BCUT2D eigenvalue weighted by Gasteiger charge is -2.20. The second kappa shape index (κ2) is 6.12. The number of aliphatic hydroxyl groups is 1. The number of aliphatic imine (C=N–C) groups is 1. The van der Waals surface area contributed by atoms with E-state index in [9.17, 15) is 9.90 Å². The summed E-state index contributed by atoms with van der Waals surface area (Å²) in [5.74, 6) is -0.0875. The van der Waals surface area contributed by atoms with Gasteiger partial charge in [-0.05, 0) is 24.6 Å². The Morgan fingerprint density at radius 1 is 1.14 bits per heavy atom. The second-order valence-corrected chi connectivity index (χ2v) is 5.39. The first-order valence-electron chi connectivity index (χ1n) is 7.33. The zero-order chi connectivity index (χ0) is 15.5. The average molecular weight is 294 g/mol. The summed E-state index contributed by atoms with van der Waals surface area (Å²) >= 11 is 0. The number of fused-ring (bicyclic) bond motifs is 1. The fraction of sp³-hybridized carbons (Fsp3) is 0.222. The van der Waals surface area contributed by atoms with Gasteiger partial charge in [0.15, 0.2) is 0 Å². The van der Waals surface area contributed by atoms with E-state index >= 15 is 0 Å². The smallest absolute Gasteiger partial charge is 0.256 e. The van der Waals surface area contributed by atoms with E-state index in [1.165, 1.54) is 5.56 Å². The van der Waals surface area contributed by atoms with Gasteiger partial charge in [-0.1, -0.05) is 42.0 Å². The molecule has 112 valence electrons. The van der Waals surface area contributed by atoms with Gasteiger partial charge in [0.25, 0.3) is 5.91 Å². The van der Waals surface area contributed by atoms with Crippen molar-refractivity contribution in [3.05, 3.63) is 65.2 Å². The Hall–Kier alpha value is -2.46. The summed E-state index contributed by atoms with van der Waals surface area (Å²) in [6, 6.07) is 15.4. The highest BCUT2D eigenvalue weighted by Crippen LogP contribution is 2.25. The predicted molar refractivity (Wildman–Crippen MR) is 86.8 cm³/mol. The number of aryl methyl sites for hydroxylation is 1. The van der Waals surface area contributed by atoms with Gasteiger partial charge >= 0.3 is 0 Å². The quantitative estimate of drug-likeness (QED) is 0.946. The minimum atomic E-state index is -0.0875. The highest BCUT2D eigenvalue weighted by atomic mass is 16.3. The van der Waals surface area contributed by atoms with Gasteiger partial charge in [0.1, 0.15) is 0 Å². The molecule has 0 atom stereocenters. The fourth-order valence-corrected chi connectivity index (χ4v) is 2.56. The average Bonchev–Trinajstić information content (AvgIpc) is 2.67. The molecule has 4 heteroatoms. The highest BCUT2D eigenvalue weighted by Gasteiger charge is 2.24. The van der Waals surface area contributed by atoms with Crippen LogP contribution in [0.15, 0.2) is 53.5 Å². The normalized spacial score (nSPS) is 14.4. The molecule has 1 amide bonds. The standard InChI is InChI=1S/C18H18N2O2/c1-13-6-8-14(9-7-13)17-12-20(10-11-21)18(22)15-4-2-3-5-16(15)19-17/h2-9,21H,10-12H2,1H3. The molecule has 4 nitrogen and oxygen atoms in total. The van der Waals surface area contributed by atoms with Gasteiger partial charge in [-0.3, -0.25) is 9.79 Å². The molecular formula is C18H18N2O2. The molecule has 0 bridgehead atoms. The van der Waals surface area contributed by atoms with Crippen LogP contribution in [0.5, 0.6) is 0 Å². The number of aliphatic hydroxyl groups excluding tert-OH is 1. The van der Waals surface area contributed by atoms with E-state index in [4.69, 9.17) is 4.99 Å². The zero-order valence-electron chi connectivity index (χ0n) is 12.5. The molecule has 0 radical (unpaired) electrons. The Bertz CT molecular complexity index is 720. The zero-order valence-corrected chi connectivity index (χ0v) is 12.5. The number of amides is 1. The van der Waals surface area contributed by atoms with Gasteiger partial charge in [-0.15, -0.1) is 0 Å². The first-order chi connectivity index (χ1) is 10.7. The second-order valence-electron chi connectivity index (χ2n) is 5.39. The Morgan fingerprint density at radius 3 is 2.59 bits per heavy atom. The van der Waals surface area contributed by atoms with Gasteiger partial charge < -0.3 is 10.0 Å². The first-order valence-corrected chi connectivity index (χ1v) is 7.33. The third kappa shape index (κ3) is 2.78. The van der Waals surface area contributed by atoms with Crippen LogP contribution in [0, 0.1) is 6.92 Å². The van der Waals surface area contributed by atoms with Crippen LogP contribution in [0.2, 0.25) is 0 Å². The van der Waals surface area contributed by atoms with E-state index in [1.54, 1.807) is 11.0 Å². The van der Waals surface area contributed by atoms with Crippen LogP contribution in [0.1, 0.15) is 21.5 Å². The Kier molecular flexibility index (Phi) is 4.02. The van der Waals surface area contributed by atoms with Crippen LogP contribution in [0.25, 0.3) is 0 Å². The fourth-order valence-electron chi connectivity index (χ4n) is 2.56. The van der Waals surface area contributed by atoms with Crippen LogP contribution in [0.3, 0.4) is 0 Å². The van der Waals surface area contributed by atoms with Gasteiger partial charge in [0.05, 0.1) is 30.1 Å². The number of hydrogen-bond donors (Lipinski definition) is 1. The molecule has 0 spiro atoms. The third-order valence-electron chi connectivity index (χ3n) is 3.77. The summed E-state index contributed by atoms with van der Waals surface area (Å²) < 4.78 is 0. The van der Waals surface area contributed by atoms with E-state index in [0.717, 1.165) is 11.3 Å². The number of para-hydroxylation sites is 1. The summed E-state index contributed by atoms with van der Waals surface area (Å²) in [7, 11) is 0. The van der Waals surface area contributed by atoms with Crippen molar-refractivity contribution in [2.45, 2.75) is 6.92 Å². The van der Waals surface area contributed by atoms with Crippen molar-refractivity contribution < 1.29 is 9.90 Å². The SMILES string of the molecule is Cc1ccc(C2=Nc3ccccc3C(=O)N(CCO)C2)cc1. The van der Waals surface area contributed by atoms with Crippen molar-refractivity contribution in [2.24, 2.45) is 4.99 Å². The van der Waals surface area contributed by atoms with Gasteiger partial charge in [0, 0.05) is 6.54 Å². The molecule has 0 saturated heterocycles. The van der Waals surface area contributed by atoms with Gasteiger partial charge in [-0.25, -0.2) is 0 Å². The van der Waals surface area contributed by atoms with Crippen molar-refractivity contribution in [1.29, 1.82) is 0 Å². The molecule has 1 aliphatic rings. The third-order valence-corrected chi connectivity index (χ3v) is 3.77. The maximum Gasteiger partial charge on any atom is 0.256 e. The van der Waals surface area contributed by atoms with Gasteiger partial charge in [-0.2, -0.15) is 0 Å². The summed E-state index contributed by atoms with van der Waals surface area (Å²) in [4.78, 5) is 18.9. The van der Waals surface area contributed by atoms with Crippen molar-refractivity contribution >= 4 is 17.3 Å². The number of β-amino-alcohol motifs (C(OH)–C–C–N with tert-alkyl or cyclic N) is 1. The molecule has 2 aromatic carbocycles. The minimum absolute atomic E-state index is 0.0604. The van der Waals surface area contributed by atoms with Crippen molar-refractivity contribution in [3.63, 3.8) is 0 Å². The van der Waals surface area contributed by atoms with Crippen molar-refractivity contribution in [1.82, 2.24) is 4.90 Å². The summed E-state index contributed by atoms with van der Waals surface area (Å²) in [6.45, 7) is 2.68. The van der Waals surface area contributed by atoms with Crippen LogP contribution in [-0.2, 0) is 0 Å². The van der Waals surface area contributed by atoms with E-state index < -0.39 is 0 Å². The number of carbonyl (C=O) groups excluding carboxylic acids is 1. The molecule has 0 unspecified atom stereocenters. The molecule has 1 heterocycles. The maximum atomic E-state index is 12.6. The monoisotopic (exact) mass is 294 g/mol. The van der Waals surface area contributed by atoms with Crippen LogP contribution in [-0.4, -0.2) is 41.3 Å². The lowest BCUT2D eigenvalue weighted by Crippen LogP contribution is -2.36. The van der Waals surface area contributed by atoms with Gasteiger partial charge in [0.2, 0.25) is 0 Å². The predicted octanol–water partition coefficient (Wildman–Crippen LogP) is 2.56. The van der Waals surface area contributed by atoms with Crippen LogP contribution < -0.4 is 0 Å². The van der Waals surface area contributed by atoms with Crippen LogP contribution in [0.4, 0.5) is 5.69 Å². The molecule has 2 aromatic rings. The summed E-state index contributed by atoms with van der Waals surface area (Å²) in [6.07, 6.45) is 0. The van der Waals surface area contributed by atoms with E-state index in [0.29, 0.717) is 24.3 Å². The highest BCUT2D eigenvalue weighted by molar-refractivity contribution is 6.10. The lowest BCUT2D eigenvalue weighted by atomic mass is 10.1. The number of rotatable bonds is 3. The topological polar surface area (TPSA) is 52.9 Å². The van der Waals surface area contributed by atoms with E-state index in [1.807, 2.05) is 49.4 Å². The maximum absolute atomic E-state index is 12.6. The number of nitrogens with zero attached hydrogens (tertiary/aromatic N) is 2. The number of hydrogen-bond acceptors (Lipinski definition) is 3. The largest absolute Gasteiger partial charge is 0.395 e. The van der Waals surface area contributed by atoms with E-state index in [-0.39, 0.29) is 12.5 Å². The number of benzene rings is 2. The molecular weight excluding hydrogens is 276 g/mol. The summed E-state index contributed by atoms with van der Waals surface area (Å²) in [5.41, 5.74) is 4.29. The molecule has 1 N–H and O–H groups in total. The molecule has 0 aliphatic carbocycles. The Labute approximate surface area is 129 Å². The minimum Gasteiger partial charge on any atom is -0.395 e. The molecule has 3 rings (SSSR count). The molecule has 1 aliphatic heterocycles. The molecule has 0 fully saturated rings. The molecule has 22 heavy (non-hydrogen) atoms. The Morgan fingerprint density at radius 2 is 1.86 bits per heavy atom. The molecule has 0 aromatic heterocycles. The van der Waals surface area contributed by atoms with E-state index in [2.05, 4.69) is 0 Å². The van der Waals surface area contributed by atoms with Crippen molar-refractivity contribution in [2.75, 3.05) is 19.7 Å². The summed E-state index contributed by atoms with van der Waals surface area (Å²) in [5, 5.41) is 9.24. The molecule has 0 saturated carbocycles.